The van der Waals surface area contributed by atoms with Gasteiger partial charge in [0.25, 0.3) is 0 Å². The molecule has 1 heterocycles. The van der Waals surface area contributed by atoms with Gasteiger partial charge < -0.3 is 23.7 Å². The highest BCUT2D eigenvalue weighted by molar-refractivity contribution is 5.94. The van der Waals surface area contributed by atoms with Gasteiger partial charge in [0.1, 0.15) is 34.7 Å². The van der Waals surface area contributed by atoms with Crippen LogP contribution in [0.2, 0.25) is 0 Å². The maximum Gasteiger partial charge on any atom is 0.145 e. The minimum absolute atomic E-state index is 0.513. The number of hydrogen-bond acceptors (Lipinski definition) is 5. The van der Waals surface area contributed by atoms with E-state index in [0.29, 0.717) is 33.8 Å². The summed E-state index contributed by atoms with van der Waals surface area (Å²) in [6.07, 6.45) is -1.10. The van der Waals surface area contributed by atoms with Crippen LogP contribution in [0, 0.1) is 11.8 Å². The normalized spacial score (nSPS) is 11.5. The number of aliphatic hydroxyl groups excluding tert-OH is 1. The lowest BCUT2D eigenvalue weighted by Gasteiger charge is -2.09. The molecule has 0 fully saturated rings. The summed E-state index contributed by atoms with van der Waals surface area (Å²) in [6.45, 7) is 0. The molecule has 0 aliphatic rings. The summed E-state index contributed by atoms with van der Waals surface area (Å²) in [4.78, 5) is 0. The van der Waals surface area contributed by atoms with Crippen molar-refractivity contribution in [3.05, 3.63) is 77.9 Å². The molecule has 0 aliphatic heterocycles. The molecule has 5 nitrogen and oxygen atoms in total. The Kier molecular flexibility index (Phi) is 5.83. The molecular weight excluding hydrogens is 392 g/mol. The largest absolute Gasteiger partial charge is 0.497 e. The van der Waals surface area contributed by atoms with Crippen molar-refractivity contribution in [2.45, 2.75) is 6.10 Å². The Labute approximate surface area is 180 Å². The van der Waals surface area contributed by atoms with Crippen LogP contribution in [0.5, 0.6) is 17.2 Å². The van der Waals surface area contributed by atoms with E-state index < -0.39 is 6.10 Å². The Morgan fingerprint density at radius 1 is 0.839 bits per heavy atom. The van der Waals surface area contributed by atoms with Crippen LogP contribution in [0.25, 0.3) is 22.3 Å². The molecule has 0 amide bonds. The van der Waals surface area contributed by atoms with Crippen molar-refractivity contribution < 1.29 is 23.7 Å². The lowest BCUT2D eigenvalue weighted by Crippen LogP contribution is -1.97. The number of rotatable bonds is 5. The van der Waals surface area contributed by atoms with Crippen LogP contribution in [-0.2, 0) is 0 Å². The average molecular weight is 414 g/mol. The number of methoxy groups -OCH3 is 3. The van der Waals surface area contributed by atoms with Gasteiger partial charge in [-0.25, -0.2) is 0 Å². The molecule has 0 saturated carbocycles. The zero-order valence-electron chi connectivity index (χ0n) is 17.5. The molecular formula is C26H22O5. The van der Waals surface area contributed by atoms with Crippen molar-refractivity contribution in [2.24, 2.45) is 0 Å². The van der Waals surface area contributed by atoms with Crippen LogP contribution in [0.15, 0.2) is 71.1 Å². The molecule has 0 aliphatic carbocycles. The van der Waals surface area contributed by atoms with Crippen molar-refractivity contribution in [3.8, 4) is 40.4 Å². The van der Waals surface area contributed by atoms with E-state index in [1.807, 2.05) is 54.6 Å². The summed E-state index contributed by atoms with van der Waals surface area (Å²) >= 11 is 0. The Morgan fingerprint density at radius 3 is 2.19 bits per heavy atom. The predicted octanol–water partition coefficient (Wildman–Crippen LogP) is 5.21. The van der Waals surface area contributed by atoms with Crippen molar-refractivity contribution >= 4 is 11.0 Å². The fraction of sp³-hybridized carbons (Fsp3) is 0.154. The molecule has 4 rings (SSSR count). The zero-order valence-corrected chi connectivity index (χ0v) is 17.5. The molecule has 156 valence electrons. The first-order valence-electron chi connectivity index (χ1n) is 9.72. The fourth-order valence-corrected chi connectivity index (χ4v) is 3.43. The number of aliphatic hydroxyl groups is 1. The summed E-state index contributed by atoms with van der Waals surface area (Å²) < 4.78 is 22.4. The smallest absolute Gasteiger partial charge is 0.145 e. The molecule has 0 bridgehead atoms. The minimum atomic E-state index is -1.10. The average Bonchev–Trinajstić information content (AvgIpc) is 3.22. The monoisotopic (exact) mass is 414 g/mol. The quantitative estimate of drug-likeness (QED) is 0.454. The predicted molar refractivity (Wildman–Crippen MR) is 120 cm³/mol. The first kappa shape index (κ1) is 20.4. The van der Waals surface area contributed by atoms with Crippen LogP contribution in [0.3, 0.4) is 0 Å². The van der Waals surface area contributed by atoms with Crippen LogP contribution >= 0.6 is 0 Å². The van der Waals surface area contributed by atoms with Gasteiger partial charge in [-0.15, -0.1) is 0 Å². The van der Waals surface area contributed by atoms with Crippen LogP contribution in [0.4, 0.5) is 0 Å². The Morgan fingerprint density at radius 2 is 1.55 bits per heavy atom. The van der Waals surface area contributed by atoms with Gasteiger partial charge in [-0.1, -0.05) is 30.0 Å². The maximum atomic E-state index is 11.1. The number of furan rings is 1. The second-order valence-electron chi connectivity index (χ2n) is 6.81. The molecule has 4 aromatic rings. The van der Waals surface area contributed by atoms with E-state index in [0.717, 1.165) is 16.9 Å². The van der Waals surface area contributed by atoms with Gasteiger partial charge in [0, 0.05) is 23.3 Å². The molecule has 0 radical (unpaired) electrons. The van der Waals surface area contributed by atoms with E-state index in [9.17, 15) is 5.11 Å². The zero-order chi connectivity index (χ0) is 21.8. The lowest BCUT2D eigenvalue weighted by molar-refractivity contribution is 0.239. The van der Waals surface area contributed by atoms with Gasteiger partial charge in [-0.05, 0) is 36.4 Å². The van der Waals surface area contributed by atoms with Crippen molar-refractivity contribution in [1.29, 1.82) is 0 Å². The summed E-state index contributed by atoms with van der Waals surface area (Å²) in [7, 11) is 4.76. The van der Waals surface area contributed by atoms with Crippen LogP contribution in [-0.4, -0.2) is 26.4 Å². The molecule has 0 spiro atoms. The maximum absolute atomic E-state index is 11.1. The van der Waals surface area contributed by atoms with Crippen molar-refractivity contribution in [1.82, 2.24) is 0 Å². The highest BCUT2D eigenvalue weighted by Gasteiger charge is 2.25. The Balaban J connectivity index is 1.92. The minimum Gasteiger partial charge on any atom is -0.497 e. The van der Waals surface area contributed by atoms with Crippen LogP contribution < -0.4 is 14.2 Å². The Bertz CT molecular complexity index is 1240. The number of hydrogen-bond donors (Lipinski definition) is 1. The highest BCUT2D eigenvalue weighted by Crippen LogP contribution is 2.43. The first-order chi connectivity index (χ1) is 15.1. The van der Waals surface area contributed by atoms with E-state index in [2.05, 4.69) is 11.8 Å². The van der Waals surface area contributed by atoms with Gasteiger partial charge in [0.15, 0.2) is 0 Å². The first-order valence-corrected chi connectivity index (χ1v) is 9.72. The van der Waals surface area contributed by atoms with Crippen LogP contribution in [0.1, 0.15) is 17.2 Å². The summed E-state index contributed by atoms with van der Waals surface area (Å²) in [5.41, 5.74) is 2.68. The van der Waals surface area contributed by atoms with E-state index in [-0.39, 0.29) is 0 Å². The molecule has 1 unspecified atom stereocenters. The number of benzene rings is 3. The summed E-state index contributed by atoms with van der Waals surface area (Å²) in [5, 5.41) is 11.8. The lowest BCUT2D eigenvalue weighted by atomic mass is 10.00. The van der Waals surface area contributed by atoms with Gasteiger partial charge in [0.2, 0.25) is 0 Å². The van der Waals surface area contributed by atoms with Crippen molar-refractivity contribution in [3.63, 3.8) is 0 Å². The molecule has 1 aromatic heterocycles. The highest BCUT2D eigenvalue weighted by atomic mass is 16.5. The van der Waals surface area contributed by atoms with Crippen molar-refractivity contribution in [2.75, 3.05) is 21.3 Å². The second-order valence-corrected chi connectivity index (χ2v) is 6.81. The van der Waals surface area contributed by atoms with Gasteiger partial charge in [-0.3, -0.25) is 0 Å². The Hall–Kier alpha value is -3.88. The van der Waals surface area contributed by atoms with E-state index >= 15 is 0 Å². The molecule has 3 aromatic carbocycles. The molecule has 0 saturated heterocycles. The SMILES string of the molecule is COc1ccc(-c2oc3cc(OC)cc(OC)c3c2C(O)C#Cc2ccccc2)cc1. The molecule has 1 N–H and O–H groups in total. The third kappa shape index (κ3) is 4.07. The third-order valence-corrected chi connectivity index (χ3v) is 4.97. The topological polar surface area (TPSA) is 61.1 Å². The summed E-state index contributed by atoms with van der Waals surface area (Å²) in [6, 6.07) is 20.5. The van der Waals surface area contributed by atoms with Gasteiger partial charge in [-0.2, -0.15) is 0 Å². The third-order valence-electron chi connectivity index (χ3n) is 4.97. The molecule has 5 heteroatoms. The fourth-order valence-electron chi connectivity index (χ4n) is 3.43. The molecule has 1 atom stereocenters. The standard InChI is InChI=1S/C26H22O5/c1-28-19-12-10-18(11-13-19)26-24(21(27)14-9-17-7-5-4-6-8-17)25-22(30-3)15-20(29-2)16-23(25)31-26/h4-8,10-13,15-16,21,27H,1-3H3. The van der Waals surface area contributed by atoms with E-state index in [4.69, 9.17) is 18.6 Å². The van der Waals surface area contributed by atoms with E-state index in [1.54, 1.807) is 33.5 Å². The van der Waals surface area contributed by atoms with Gasteiger partial charge >= 0.3 is 0 Å². The van der Waals surface area contributed by atoms with Gasteiger partial charge in [0.05, 0.1) is 32.3 Å². The number of ether oxygens (including phenoxy) is 3. The second kappa shape index (κ2) is 8.86. The molecule has 31 heavy (non-hydrogen) atoms. The summed E-state index contributed by atoms with van der Waals surface area (Å²) in [5.74, 6) is 8.34. The number of fused-ring (bicyclic) bond motifs is 1. The van der Waals surface area contributed by atoms with E-state index in [1.165, 1.54) is 0 Å².